The van der Waals surface area contributed by atoms with Crippen molar-refractivity contribution in [2.45, 2.75) is 6.42 Å². The fraction of sp³-hybridized carbons (Fsp3) is 0.600. The molecule has 1 heterocycles. The molecule has 5 heteroatoms. The molecule has 0 aromatic carbocycles. The lowest BCUT2D eigenvalue weighted by molar-refractivity contribution is -0.137. The Morgan fingerprint density at radius 2 is 1.80 bits per heavy atom. The van der Waals surface area contributed by atoms with E-state index in [-0.39, 0.29) is 17.9 Å². The topological polar surface area (TPSA) is 60.9 Å². The third-order valence-corrected chi connectivity index (χ3v) is 2.52. The highest BCUT2D eigenvalue weighted by Crippen LogP contribution is 2.06. The lowest BCUT2D eigenvalue weighted by atomic mass is 10.2. The second-order valence-corrected chi connectivity index (χ2v) is 3.77. The van der Waals surface area contributed by atoms with Crippen molar-refractivity contribution < 1.29 is 14.7 Å². The van der Waals surface area contributed by atoms with Crippen LogP contribution in [0.5, 0.6) is 0 Å². The maximum atomic E-state index is 11.6. The SMILES string of the molecule is C=C(CC(=O)N1CCN(C)CC1)C(=O)O. The zero-order valence-electron chi connectivity index (χ0n) is 8.90. The van der Waals surface area contributed by atoms with Crippen LogP contribution in [0.25, 0.3) is 0 Å². The van der Waals surface area contributed by atoms with Gasteiger partial charge in [0.2, 0.25) is 5.91 Å². The molecule has 1 aliphatic rings. The van der Waals surface area contributed by atoms with E-state index < -0.39 is 5.97 Å². The Kier molecular flexibility index (Phi) is 3.85. The van der Waals surface area contributed by atoms with E-state index in [0.29, 0.717) is 13.1 Å². The van der Waals surface area contributed by atoms with Crippen molar-refractivity contribution in [1.29, 1.82) is 0 Å². The number of piperazine rings is 1. The normalized spacial score (nSPS) is 17.5. The van der Waals surface area contributed by atoms with Crippen LogP contribution in [-0.2, 0) is 9.59 Å². The van der Waals surface area contributed by atoms with Gasteiger partial charge in [-0.15, -0.1) is 0 Å². The van der Waals surface area contributed by atoms with Gasteiger partial charge in [-0.05, 0) is 7.05 Å². The Morgan fingerprint density at radius 3 is 2.27 bits per heavy atom. The van der Waals surface area contributed by atoms with Gasteiger partial charge in [0.15, 0.2) is 0 Å². The number of carboxylic acids is 1. The summed E-state index contributed by atoms with van der Waals surface area (Å²) in [4.78, 5) is 25.9. The summed E-state index contributed by atoms with van der Waals surface area (Å²) in [5, 5.41) is 8.59. The number of hydrogen-bond donors (Lipinski definition) is 1. The molecule has 84 valence electrons. The Bertz CT molecular complexity index is 280. The summed E-state index contributed by atoms with van der Waals surface area (Å²) in [6.07, 6.45) is -0.0843. The van der Waals surface area contributed by atoms with Crippen LogP contribution < -0.4 is 0 Å². The molecule has 0 unspecified atom stereocenters. The van der Waals surface area contributed by atoms with Crippen molar-refractivity contribution in [1.82, 2.24) is 9.80 Å². The Morgan fingerprint density at radius 1 is 1.27 bits per heavy atom. The number of hydrogen-bond acceptors (Lipinski definition) is 3. The second-order valence-electron chi connectivity index (χ2n) is 3.77. The average molecular weight is 212 g/mol. The van der Waals surface area contributed by atoms with Gasteiger partial charge >= 0.3 is 5.97 Å². The van der Waals surface area contributed by atoms with E-state index in [9.17, 15) is 9.59 Å². The van der Waals surface area contributed by atoms with Crippen LogP contribution in [0.15, 0.2) is 12.2 Å². The summed E-state index contributed by atoms with van der Waals surface area (Å²) >= 11 is 0. The average Bonchev–Trinajstić information content (AvgIpc) is 2.18. The van der Waals surface area contributed by atoms with E-state index in [1.54, 1.807) is 4.90 Å². The molecular formula is C10H16N2O3. The zero-order valence-corrected chi connectivity index (χ0v) is 8.90. The molecule has 0 saturated carbocycles. The van der Waals surface area contributed by atoms with Crippen molar-refractivity contribution in [2.24, 2.45) is 0 Å². The smallest absolute Gasteiger partial charge is 0.331 e. The predicted octanol–water partition coefficient (Wildman–Crippen LogP) is -0.209. The van der Waals surface area contributed by atoms with Gasteiger partial charge in [-0.25, -0.2) is 4.79 Å². The number of aliphatic carboxylic acids is 1. The molecule has 0 bridgehead atoms. The number of carbonyl (C=O) groups is 2. The van der Waals surface area contributed by atoms with Gasteiger partial charge in [-0.3, -0.25) is 4.79 Å². The maximum Gasteiger partial charge on any atom is 0.331 e. The van der Waals surface area contributed by atoms with Crippen molar-refractivity contribution >= 4 is 11.9 Å². The van der Waals surface area contributed by atoms with E-state index in [0.717, 1.165) is 13.1 Å². The summed E-state index contributed by atoms with van der Waals surface area (Å²) in [5.41, 5.74) is -0.0427. The van der Waals surface area contributed by atoms with Gasteiger partial charge in [-0.1, -0.05) is 6.58 Å². The molecule has 0 aromatic rings. The molecule has 0 aromatic heterocycles. The highest BCUT2D eigenvalue weighted by Gasteiger charge is 2.20. The molecule has 0 spiro atoms. The molecule has 1 aliphatic heterocycles. The minimum absolute atomic E-state index is 0.0427. The van der Waals surface area contributed by atoms with Gasteiger partial charge in [0, 0.05) is 31.8 Å². The summed E-state index contributed by atoms with van der Waals surface area (Å²) in [7, 11) is 2.00. The number of amides is 1. The van der Waals surface area contributed by atoms with Gasteiger partial charge < -0.3 is 14.9 Å². The first-order valence-electron chi connectivity index (χ1n) is 4.88. The molecule has 0 atom stereocenters. The maximum absolute atomic E-state index is 11.6. The fourth-order valence-corrected chi connectivity index (χ4v) is 1.43. The Balaban J connectivity index is 2.41. The van der Waals surface area contributed by atoms with Crippen LogP contribution in [0, 0.1) is 0 Å². The van der Waals surface area contributed by atoms with Crippen LogP contribution in [0.3, 0.4) is 0 Å². The standard InChI is InChI=1S/C10H16N2O3/c1-8(10(14)15)7-9(13)12-5-3-11(2)4-6-12/h1,3-7H2,2H3,(H,14,15). The van der Waals surface area contributed by atoms with Crippen molar-refractivity contribution in [2.75, 3.05) is 33.2 Å². The molecule has 1 saturated heterocycles. The molecule has 0 radical (unpaired) electrons. The van der Waals surface area contributed by atoms with Crippen LogP contribution in [-0.4, -0.2) is 60.0 Å². The zero-order chi connectivity index (χ0) is 11.4. The number of likely N-dealkylation sites (N-methyl/N-ethyl adjacent to an activating group) is 1. The third-order valence-electron chi connectivity index (χ3n) is 2.52. The van der Waals surface area contributed by atoms with Gasteiger partial charge in [0.1, 0.15) is 0 Å². The Hall–Kier alpha value is -1.36. The van der Waals surface area contributed by atoms with E-state index >= 15 is 0 Å². The van der Waals surface area contributed by atoms with Crippen LogP contribution >= 0.6 is 0 Å². The molecule has 1 rings (SSSR count). The van der Waals surface area contributed by atoms with E-state index in [2.05, 4.69) is 11.5 Å². The fourth-order valence-electron chi connectivity index (χ4n) is 1.43. The minimum atomic E-state index is -1.10. The molecule has 1 amide bonds. The van der Waals surface area contributed by atoms with E-state index in [1.165, 1.54) is 0 Å². The third kappa shape index (κ3) is 3.36. The molecule has 15 heavy (non-hydrogen) atoms. The van der Waals surface area contributed by atoms with Crippen molar-refractivity contribution in [3.63, 3.8) is 0 Å². The predicted molar refractivity (Wildman–Crippen MR) is 55.5 cm³/mol. The lowest BCUT2D eigenvalue weighted by Crippen LogP contribution is -2.47. The molecule has 0 aliphatic carbocycles. The molecule has 1 N–H and O–H groups in total. The summed E-state index contributed by atoms with van der Waals surface area (Å²) in [6.45, 7) is 6.36. The monoisotopic (exact) mass is 212 g/mol. The van der Waals surface area contributed by atoms with Crippen LogP contribution in [0.4, 0.5) is 0 Å². The second kappa shape index (κ2) is 4.93. The quantitative estimate of drug-likeness (QED) is 0.658. The summed E-state index contributed by atoms with van der Waals surface area (Å²) in [5.74, 6) is -1.24. The van der Waals surface area contributed by atoms with Gasteiger partial charge in [0.25, 0.3) is 0 Å². The van der Waals surface area contributed by atoms with Crippen LogP contribution in [0.1, 0.15) is 6.42 Å². The van der Waals surface area contributed by atoms with E-state index in [4.69, 9.17) is 5.11 Å². The number of rotatable bonds is 3. The van der Waals surface area contributed by atoms with Crippen molar-refractivity contribution in [3.05, 3.63) is 12.2 Å². The van der Waals surface area contributed by atoms with Gasteiger partial charge in [0.05, 0.1) is 6.42 Å². The number of carboxylic acid groups (broad SMARTS) is 1. The molecular weight excluding hydrogens is 196 g/mol. The number of carbonyl (C=O) groups excluding carboxylic acids is 1. The van der Waals surface area contributed by atoms with Crippen LogP contribution in [0.2, 0.25) is 0 Å². The highest BCUT2D eigenvalue weighted by molar-refractivity contribution is 5.93. The molecule has 5 nitrogen and oxygen atoms in total. The van der Waals surface area contributed by atoms with E-state index in [1.807, 2.05) is 7.05 Å². The largest absolute Gasteiger partial charge is 0.478 e. The number of nitrogens with zero attached hydrogens (tertiary/aromatic N) is 2. The Labute approximate surface area is 89.0 Å². The minimum Gasteiger partial charge on any atom is -0.478 e. The summed E-state index contributed by atoms with van der Waals surface area (Å²) in [6, 6.07) is 0. The van der Waals surface area contributed by atoms with Gasteiger partial charge in [-0.2, -0.15) is 0 Å². The first kappa shape index (κ1) is 11.7. The lowest BCUT2D eigenvalue weighted by Gasteiger charge is -2.32. The molecule has 1 fully saturated rings. The first-order chi connectivity index (χ1) is 7.00. The summed E-state index contributed by atoms with van der Waals surface area (Å²) < 4.78 is 0. The highest BCUT2D eigenvalue weighted by atomic mass is 16.4. The first-order valence-corrected chi connectivity index (χ1v) is 4.88. The van der Waals surface area contributed by atoms with Crippen molar-refractivity contribution in [3.8, 4) is 0 Å².